The lowest BCUT2D eigenvalue weighted by molar-refractivity contribution is -0.123. The van der Waals surface area contributed by atoms with Gasteiger partial charge in [0.2, 0.25) is 5.91 Å². The third-order valence-electron chi connectivity index (χ3n) is 8.53. The fourth-order valence-corrected chi connectivity index (χ4v) is 6.18. The van der Waals surface area contributed by atoms with E-state index in [4.69, 9.17) is 4.74 Å². The maximum absolute atomic E-state index is 15.0. The highest BCUT2D eigenvalue weighted by molar-refractivity contribution is 5.98. The second-order valence-electron chi connectivity index (χ2n) is 12.6. The number of rotatable bonds is 6. The summed E-state index contributed by atoms with van der Waals surface area (Å²) in [6.45, 7) is 10.2. The first kappa shape index (κ1) is 29.0. The minimum absolute atomic E-state index is 0.0543. The average molecular weight is 557 g/mol. The van der Waals surface area contributed by atoms with Gasteiger partial charge in [-0.05, 0) is 84.4 Å². The Morgan fingerprint density at radius 2 is 1.78 bits per heavy atom. The summed E-state index contributed by atoms with van der Waals surface area (Å²) in [5.74, 6) is -0.998. The number of amides is 2. The van der Waals surface area contributed by atoms with Crippen molar-refractivity contribution >= 4 is 17.5 Å². The fraction of sp³-hybridized carbons (Fsp3) is 0.429. The lowest BCUT2D eigenvalue weighted by Gasteiger charge is -2.41. The van der Waals surface area contributed by atoms with Crippen LogP contribution in [0.4, 0.5) is 10.1 Å². The molecule has 3 aromatic rings. The van der Waals surface area contributed by atoms with E-state index in [2.05, 4.69) is 44.3 Å². The topological polar surface area (TPSA) is 58.6 Å². The first-order valence-electron chi connectivity index (χ1n) is 14.8. The number of hydrogen-bond donors (Lipinski definition) is 1. The third kappa shape index (κ3) is 6.54. The molecule has 5 rings (SSSR count). The molecule has 2 aliphatic rings. The molecule has 0 aromatic heterocycles. The van der Waals surface area contributed by atoms with E-state index in [0.717, 1.165) is 42.9 Å². The van der Waals surface area contributed by atoms with E-state index in [0.29, 0.717) is 30.9 Å². The molecule has 3 atom stereocenters. The van der Waals surface area contributed by atoms with Gasteiger partial charge < -0.3 is 15.0 Å². The van der Waals surface area contributed by atoms with Crippen molar-refractivity contribution in [1.82, 2.24) is 4.90 Å². The van der Waals surface area contributed by atoms with Gasteiger partial charge in [-0.15, -0.1) is 0 Å². The Kier molecular flexibility index (Phi) is 8.60. The van der Waals surface area contributed by atoms with Crippen LogP contribution in [0.2, 0.25) is 0 Å². The van der Waals surface area contributed by atoms with Gasteiger partial charge in [-0.3, -0.25) is 9.59 Å². The van der Waals surface area contributed by atoms with E-state index in [-0.39, 0.29) is 22.8 Å². The molecular weight excluding hydrogens is 515 g/mol. The predicted octanol–water partition coefficient (Wildman–Crippen LogP) is 7.24. The second-order valence-corrected chi connectivity index (χ2v) is 12.6. The van der Waals surface area contributed by atoms with Crippen LogP contribution in [-0.4, -0.2) is 36.5 Å². The number of aryl methyl sites for hydroxylation is 1. The van der Waals surface area contributed by atoms with Crippen molar-refractivity contribution in [3.05, 3.63) is 100 Å². The lowest BCUT2D eigenvalue weighted by atomic mass is 9.82. The summed E-state index contributed by atoms with van der Waals surface area (Å²) in [5, 5.41) is 3.14. The highest BCUT2D eigenvalue weighted by atomic mass is 19.1. The molecule has 2 aliphatic heterocycles. The molecule has 0 bridgehead atoms. The zero-order valence-corrected chi connectivity index (χ0v) is 24.6. The quantitative estimate of drug-likeness (QED) is 0.348. The Labute approximate surface area is 243 Å². The smallest absolute Gasteiger partial charge is 0.257 e. The first-order chi connectivity index (χ1) is 19.6. The molecule has 41 heavy (non-hydrogen) atoms. The van der Waals surface area contributed by atoms with Crippen LogP contribution in [0.25, 0.3) is 0 Å². The van der Waals surface area contributed by atoms with Crippen molar-refractivity contribution in [3.8, 4) is 0 Å². The number of nitrogens with one attached hydrogen (secondary N) is 1. The second kappa shape index (κ2) is 12.2. The Morgan fingerprint density at radius 3 is 2.46 bits per heavy atom. The maximum atomic E-state index is 15.0. The molecule has 2 heterocycles. The molecule has 6 heteroatoms. The molecule has 2 fully saturated rings. The first-order valence-corrected chi connectivity index (χ1v) is 14.8. The van der Waals surface area contributed by atoms with Crippen molar-refractivity contribution in [2.24, 2.45) is 11.8 Å². The van der Waals surface area contributed by atoms with E-state index in [1.54, 1.807) is 24.0 Å². The van der Waals surface area contributed by atoms with Gasteiger partial charge in [0.05, 0.1) is 17.5 Å². The molecule has 2 amide bonds. The van der Waals surface area contributed by atoms with E-state index in [1.165, 1.54) is 11.6 Å². The molecule has 2 saturated heterocycles. The van der Waals surface area contributed by atoms with Crippen molar-refractivity contribution in [1.29, 1.82) is 0 Å². The molecule has 5 nitrogen and oxygen atoms in total. The minimum Gasteiger partial charge on any atom is -0.381 e. The number of likely N-dealkylation sites (tertiary alicyclic amines) is 1. The summed E-state index contributed by atoms with van der Waals surface area (Å²) in [5.41, 5.74) is 4.59. The Morgan fingerprint density at radius 1 is 1.02 bits per heavy atom. The van der Waals surface area contributed by atoms with Crippen LogP contribution >= 0.6 is 0 Å². The van der Waals surface area contributed by atoms with Gasteiger partial charge in [0.25, 0.3) is 5.91 Å². The van der Waals surface area contributed by atoms with Crippen LogP contribution in [0.15, 0.2) is 66.7 Å². The zero-order valence-electron chi connectivity index (χ0n) is 24.6. The number of carbonyl (C=O) groups is 2. The molecule has 3 aromatic carbocycles. The standard InChI is InChI=1S/C35H41FN2O3/c1-23-8-5-12-30(36)31(23)34(40)38-18-7-11-29(33(39)37-28-10-6-9-27(21-28)35(2,3)4)32(38)26-15-13-24(14-16-26)20-25-17-19-41-22-25/h5-6,8-10,12-16,21,25,29,32H,7,11,17-20,22H2,1-4H3,(H,37,39)/t25?,29-,32-/m0/s1. The maximum Gasteiger partial charge on any atom is 0.257 e. The molecule has 0 saturated carbocycles. The molecule has 0 aliphatic carbocycles. The van der Waals surface area contributed by atoms with E-state index < -0.39 is 17.8 Å². The monoisotopic (exact) mass is 556 g/mol. The Bertz CT molecular complexity index is 1370. The summed E-state index contributed by atoms with van der Waals surface area (Å²) in [6.07, 6.45) is 3.30. The van der Waals surface area contributed by atoms with Crippen molar-refractivity contribution in [3.63, 3.8) is 0 Å². The van der Waals surface area contributed by atoms with E-state index in [1.807, 2.05) is 30.3 Å². The fourth-order valence-electron chi connectivity index (χ4n) is 6.18. The van der Waals surface area contributed by atoms with Crippen molar-refractivity contribution in [2.45, 2.75) is 64.8 Å². The molecule has 216 valence electrons. The number of piperidine rings is 1. The van der Waals surface area contributed by atoms with Crippen LogP contribution in [0.1, 0.15) is 78.7 Å². The largest absolute Gasteiger partial charge is 0.381 e. The van der Waals surface area contributed by atoms with Crippen LogP contribution in [0, 0.1) is 24.6 Å². The van der Waals surface area contributed by atoms with Crippen molar-refractivity contribution < 1.29 is 18.7 Å². The minimum atomic E-state index is -0.534. The highest BCUT2D eigenvalue weighted by Gasteiger charge is 2.40. The normalized spacial score (nSPS) is 21.1. The van der Waals surface area contributed by atoms with Crippen LogP contribution < -0.4 is 5.32 Å². The number of anilines is 1. The van der Waals surface area contributed by atoms with Gasteiger partial charge in [0, 0.05) is 25.4 Å². The van der Waals surface area contributed by atoms with Gasteiger partial charge in [-0.2, -0.15) is 0 Å². The number of ether oxygens (including phenoxy) is 1. The van der Waals surface area contributed by atoms with Crippen LogP contribution in [-0.2, 0) is 21.4 Å². The molecule has 1 N–H and O–H groups in total. The van der Waals surface area contributed by atoms with Gasteiger partial charge >= 0.3 is 0 Å². The Hall–Kier alpha value is -3.51. The molecular formula is C35H41FN2O3. The summed E-state index contributed by atoms with van der Waals surface area (Å²) in [4.78, 5) is 29.6. The van der Waals surface area contributed by atoms with Gasteiger partial charge in [-0.1, -0.05) is 69.3 Å². The number of hydrogen-bond acceptors (Lipinski definition) is 3. The van der Waals surface area contributed by atoms with E-state index >= 15 is 0 Å². The van der Waals surface area contributed by atoms with Crippen LogP contribution in [0.5, 0.6) is 0 Å². The molecule has 0 radical (unpaired) electrons. The Balaban J connectivity index is 1.47. The van der Waals surface area contributed by atoms with Crippen molar-refractivity contribution in [2.75, 3.05) is 25.1 Å². The predicted molar refractivity (Wildman–Crippen MR) is 160 cm³/mol. The van der Waals surface area contributed by atoms with Gasteiger partial charge in [-0.25, -0.2) is 4.39 Å². The number of nitrogens with zero attached hydrogens (tertiary/aromatic N) is 1. The average Bonchev–Trinajstić information content (AvgIpc) is 3.46. The summed E-state index contributed by atoms with van der Waals surface area (Å²) in [6, 6.07) is 20.4. The lowest BCUT2D eigenvalue weighted by Crippen LogP contribution is -2.46. The number of benzene rings is 3. The SMILES string of the molecule is Cc1cccc(F)c1C(=O)N1CCC[C@H](C(=O)Nc2cccc(C(C)(C)C)c2)[C@@H]1c1ccc(CC2CCOC2)cc1. The van der Waals surface area contributed by atoms with Gasteiger partial charge in [0.1, 0.15) is 5.82 Å². The van der Waals surface area contributed by atoms with E-state index in [9.17, 15) is 14.0 Å². The third-order valence-corrected chi connectivity index (χ3v) is 8.53. The van der Waals surface area contributed by atoms with Crippen LogP contribution in [0.3, 0.4) is 0 Å². The summed E-state index contributed by atoms with van der Waals surface area (Å²) < 4.78 is 20.5. The summed E-state index contributed by atoms with van der Waals surface area (Å²) in [7, 11) is 0. The van der Waals surface area contributed by atoms with Gasteiger partial charge in [0.15, 0.2) is 0 Å². The molecule has 0 spiro atoms. The number of halogens is 1. The zero-order chi connectivity index (χ0) is 29.1. The summed E-state index contributed by atoms with van der Waals surface area (Å²) >= 11 is 0. The highest BCUT2D eigenvalue weighted by Crippen LogP contribution is 2.39. The number of carbonyl (C=O) groups excluding carboxylic acids is 2. The molecule has 1 unspecified atom stereocenters.